The van der Waals surface area contributed by atoms with Gasteiger partial charge in [-0.05, 0) is 55.0 Å². The van der Waals surface area contributed by atoms with Crippen LogP contribution < -0.4 is 10.1 Å². The molecule has 0 saturated heterocycles. The summed E-state index contributed by atoms with van der Waals surface area (Å²) in [6.45, 7) is 1.95. The average molecular weight is 403 g/mol. The van der Waals surface area contributed by atoms with Gasteiger partial charge >= 0.3 is 0 Å². The molecule has 0 atom stereocenters. The number of methoxy groups -OCH3 is 1. The highest BCUT2D eigenvalue weighted by atomic mass is 79.9. The molecule has 24 heavy (non-hydrogen) atoms. The lowest BCUT2D eigenvalue weighted by molar-refractivity contribution is 0.102. The molecule has 0 fully saturated rings. The van der Waals surface area contributed by atoms with Gasteiger partial charge < -0.3 is 10.1 Å². The Hall–Kier alpha value is -2.18. The zero-order valence-electron chi connectivity index (χ0n) is 13.2. The Bertz CT molecular complexity index is 875. The minimum absolute atomic E-state index is 0.212. The quantitative estimate of drug-likeness (QED) is 0.656. The van der Waals surface area contributed by atoms with Crippen LogP contribution in [0.5, 0.6) is 5.75 Å². The van der Waals surface area contributed by atoms with Crippen LogP contribution in [-0.2, 0) is 0 Å². The first-order chi connectivity index (χ1) is 11.6. The predicted octanol–water partition coefficient (Wildman–Crippen LogP) is 5.14. The molecule has 0 unspecified atom stereocenters. The van der Waals surface area contributed by atoms with E-state index >= 15 is 0 Å². The number of aromatic nitrogens is 1. The van der Waals surface area contributed by atoms with E-state index in [9.17, 15) is 4.79 Å². The number of ether oxygens (including phenoxy) is 1. The topological polar surface area (TPSA) is 51.2 Å². The van der Waals surface area contributed by atoms with E-state index in [0.717, 1.165) is 32.0 Å². The van der Waals surface area contributed by atoms with E-state index in [1.807, 2.05) is 49.4 Å². The van der Waals surface area contributed by atoms with Gasteiger partial charge in [-0.1, -0.05) is 15.9 Å². The van der Waals surface area contributed by atoms with E-state index in [0.29, 0.717) is 5.69 Å². The number of hydrogen-bond donors (Lipinski definition) is 1. The van der Waals surface area contributed by atoms with Crippen molar-refractivity contribution in [2.75, 3.05) is 12.4 Å². The summed E-state index contributed by atoms with van der Waals surface area (Å²) in [6.07, 6.45) is 0. The van der Waals surface area contributed by atoms with Crippen molar-refractivity contribution in [3.8, 4) is 16.3 Å². The second-order valence-corrected chi connectivity index (χ2v) is 6.95. The summed E-state index contributed by atoms with van der Waals surface area (Å²) in [4.78, 5) is 16.8. The molecule has 122 valence electrons. The van der Waals surface area contributed by atoms with Gasteiger partial charge in [0, 0.05) is 21.1 Å². The van der Waals surface area contributed by atoms with Crippen molar-refractivity contribution in [3.05, 3.63) is 63.6 Å². The lowest BCUT2D eigenvalue weighted by Gasteiger charge is -2.07. The molecule has 0 spiro atoms. The summed E-state index contributed by atoms with van der Waals surface area (Å²) < 4.78 is 6.13. The van der Waals surface area contributed by atoms with Crippen LogP contribution in [0.1, 0.15) is 16.1 Å². The second-order valence-electron chi connectivity index (χ2n) is 5.18. The molecule has 0 saturated carbocycles. The number of amides is 1. The van der Waals surface area contributed by atoms with Crippen molar-refractivity contribution in [1.29, 1.82) is 0 Å². The fraction of sp³-hybridized carbons (Fsp3) is 0.111. The maximum Gasteiger partial charge on any atom is 0.275 e. The number of anilines is 1. The number of aryl methyl sites for hydroxylation is 1. The van der Waals surface area contributed by atoms with E-state index in [1.54, 1.807) is 12.5 Å². The fourth-order valence-electron chi connectivity index (χ4n) is 2.20. The Balaban J connectivity index is 1.77. The molecule has 0 bridgehead atoms. The maximum atomic E-state index is 12.4. The zero-order chi connectivity index (χ0) is 17.1. The van der Waals surface area contributed by atoms with Crippen LogP contribution in [-0.4, -0.2) is 18.0 Å². The maximum absolute atomic E-state index is 12.4. The van der Waals surface area contributed by atoms with Crippen LogP contribution in [0.3, 0.4) is 0 Å². The highest BCUT2D eigenvalue weighted by Gasteiger charge is 2.13. The SMILES string of the molecule is COc1ccc(-c2nc(C(=O)Nc3ccc(Br)cc3C)cs2)cc1. The standard InChI is InChI=1S/C18H15BrN2O2S/c1-11-9-13(19)5-8-15(11)20-17(22)16-10-24-18(21-16)12-3-6-14(23-2)7-4-12/h3-10H,1-2H3,(H,20,22). The van der Waals surface area contributed by atoms with Crippen molar-refractivity contribution < 1.29 is 9.53 Å². The van der Waals surface area contributed by atoms with Gasteiger partial charge in [-0.15, -0.1) is 11.3 Å². The van der Waals surface area contributed by atoms with Gasteiger partial charge in [-0.3, -0.25) is 4.79 Å². The van der Waals surface area contributed by atoms with Gasteiger partial charge in [0.2, 0.25) is 0 Å². The number of carbonyl (C=O) groups excluding carboxylic acids is 1. The van der Waals surface area contributed by atoms with Crippen molar-refractivity contribution in [2.45, 2.75) is 6.92 Å². The second kappa shape index (κ2) is 7.15. The number of nitrogens with zero attached hydrogens (tertiary/aromatic N) is 1. The minimum Gasteiger partial charge on any atom is -0.497 e. The van der Waals surface area contributed by atoms with Gasteiger partial charge in [0.1, 0.15) is 16.5 Å². The molecule has 4 nitrogen and oxygen atoms in total. The van der Waals surface area contributed by atoms with Crippen LogP contribution >= 0.6 is 27.3 Å². The van der Waals surface area contributed by atoms with Gasteiger partial charge in [-0.2, -0.15) is 0 Å². The summed E-state index contributed by atoms with van der Waals surface area (Å²) in [5, 5.41) is 5.47. The molecule has 0 aliphatic carbocycles. The van der Waals surface area contributed by atoms with Gasteiger partial charge in [0.25, 0.3) is 5.91 Å². The Morgan fingerprint density at radius 1 is 1.21 bits per heavy atom. The third-order valence-electron chi connectivity index (χ3n) is 3.51. The first kappa shape index (κ1) is 16.7. The molecule has 3 aromatic rings. The van der Waals surface area contributed by atoms with Crippen LogP contribution in [0.2, 0.25) is 0 Å². The lowest BCUT2D eigenvalue weighted by Crippen LogP contribution is -2.13. The van der Waals surface area contributed by atoms with Crippen LogP contribution in [0.4, 0.5) is 5.69 Å². The number of rotatable bonds is 4. The number of thiazole rings is 1. The van der Waals surface area contributed by atoms with Gasteiger partial charge in [0.05, 0.1) is 7.11 Å². The number of benzene rings is 2. The van der Waals surface area contributed by atoms with Crippen molar-refractivity contribution in [3.63, 3.8) is 0 Å². The third-order valence-corrected chi connectivity index (χ3v) is 4.90. The molecular formula is C18H15BrN2O2S. The van der Waals surface area contributed by atoms with E-state index in [-0.39, 0.29) is 5.91 Å². The molecule has 3 rings (SSSR count). The molecule has 0 radical (unpaired) electrons. The molecule has 0 aliphatic heterocycles. The smallest absolute Gasteiger partial charge is 0.275 e. The van der Waals surface area contributed by atoms with E-state index in [2.05, 4.69) is 26.2 Å². The van der Waals surface area contributed by atoms with Crippen molar-refractivity contribution >= 4 is 38.9 Å². The predicted molar refractivity (Wildman–Crippen MR) is 101 cm³/mol. The Morgan fingerprint density at radius 3 is 2.62 bits per heavy atom. The Kier molecular flexibility index (Phi) is 4.97. The molecule has 2 aromatic carbocycles. The summed E-state index contributed by atoms with van der Waals surface area (Å²) >= 11 is 4.86. The molecule has 1 amide bonds. The van der Waals surface area contributed by atoms with E-state index in [4.69, 9.17) is 4.74 Å². The Morgan fingerprint density at radius 2 is 1.96 bits per heavy atom. The van der Waals surface area contributed by atoms with Gasteiger partial charge in [0.15, 0.2) is 0 Å². The number of halogens is 1. The summed E-state index contributed by atoms with van der Waals surface area (Å²) in [6, 6.07) is 13.3. The summed E-state index contributed by atoms with van der Waals surface area (Å²) in [5.74, 6) is 0.579. The van der Waals surface area contributed by atoms with Crippen molar-refractivity contribution in [1.82, 2.24) is 4.98 Å². The molecule has 6 heteroatoms. The summed E-state index contributed by atoms with van der Waals surface area (Å²) in [7, 11) is 1.63. The number of hydrogen-bond acceptors (Lipinski definition) is 4. The normalized spacial score (nSPS) is 10.5. The monoisotopic (exact) mass is 402 g/mol. The third kappa shape index (κ3) is 3.66. The molecule has 1 heterocycles. The average Bonchev–Trinajstić information content (AvgIpc) is 3.07. The number of carbonyl (C=O) groups is 1. The molecule has 0 aliphatic rings. The first-order valence-corrected chi connectivity index (χ1v) is 8.91. The van der Waals surface area contributed by atoms with E-state index in [1.165, 1.54) is 11.3 Å². The highest BCUT2D eigenvalue weighted by molar-refractivity contribution is 9.10. The molecular weight excluding hydrogens is 388 g/mol. The minimum atomic E-state index is -0.212. The lowest BCUT2D eigenvalue weighted by atomic mass is 10.2. The first-order valence-electron chi connectivity index (χ1n) is 7.24. The largest absolute Gasteiger partial charge is 0.497 e. The highest BCUT2D eigenvalue weighted by Crippen LogP contribution is 2.26. The van der Waals surface area contributed by atoms with Crippen molar-refractivity contribution in [2.24, 2.45) is 0 Å². The van der Waals surface area contributed by atoms with Gasteiger partial charge in [-0.25, -0.2) is 4.98 Å². The zero-order valence-corrected chi connectivity index (χ0v) is 15.6. The molecule has 1 aromatic heterocycles. The Labute approximate surface area is 152 Å². The van der Waals surface area contributed by atoms with Crippen LogP contribution in [0.15, 0.2) is 52.3 Å². The van der Waals surface area contributed by atoms with Crippen LogP contribution in [0.25, 0.3) is 10.6 Å². The van der Waals surface area contributed by atoms with E-state index < -0.39 is 0 Å². The summed E-state index contributed by atoms with van der Waals surface area (Å²) in [5.41, 5.74) is 3.14. The van der Waals surface area contributed by atoms with Crippen LogP contribution in [0, 0.1) is 6.92 Å². The number of nitrogens with one attached hydrogen (secondary N) is 1. The molecule has 1 N–H and O–H groups in total. The fourth-order valence-corrected chi connectivity index (χ4v) is 3.48.